The van der Waals surface area contributed by atoms with Gasteiger partial charge in [0.05, 0.1) is 11.3 Å². The van der Waals surface area contributed by atoms with Crippen LogP contribution in [0.5, 0.6) is 0 Å². The van der Waals surface area contributed by atoms with E-state index in [0.29, 0.717) is 5.56 Å². The van der Waals surface area contributed by atoms with Crippen LogP contribution in [0.15, 0.2) is 71.9 Å². The van der Waals surface area contributed by atoms with Crippen LogP contribution < -0.4 is 0 Å². The number of nitrogens with zero attached hydrogens (tertiary/aromatic N) is 1. The predicted octanol–water partition coefficient (Wildman–Crippen LogP) is 4.35. The molecule has 0 spiro atoms. The third-order valence-corrected chi connectivity index (χ3v) is 4.18. The number of hydrogen-bond donors (Lipinski definition) is 0. The van der Waals surface area contributed by atoms with Crippen molar-refractivity contribution in [3.8, 4) is 0 Å². The molecule has 4 rings (SSSR count). The first kappa shape index (κ1) is 13.7. The Balaban J connectivity index is 1.68. The highest BCUT2D eigenvalue weighted by Gasteiger charge is 2.21. The smallest absolute Gasteiger partial charge is 0.313 e. The van der Waals surface area contributed by atoms with Crippen LogP contribution in [-0.2, 0) is 11.3 Å². The quantitative estimate of drug-likeness (QED) is 0.521. The molecular formula is C20H15NO2. The molecule has 0 saturated carbocycles. The Morgan fingerprint density at radius 2 is 1.65 bits per heavy atom. The highest BCUT2D eigenvalue weighted by molar-refractivity contribution is 6.14. The third-order valence-electron chi connectivity index (χ3n) is 4.18. The summed E-state index contributed by atoms with van der Waals surface area (Å²) < 4.78 is 0. The van der Waals surface area contributed by atoms with Crippen molar-refractivity contribution in [2.75, 3.05) is 0 Å². The number of fused-ring (bicyclic) bond motifs is 3. The molecule has 0 atom stereocenters. The van der Waals surface area contributed by atoms with E-state index < -0.39 is 5.97 Å². The lowest BCUT2D eigenvalue weighted by molar-refractivity contribution is 0.0516. The van der Waals surface area contributed by atoms with E-state index in [-0.39, 0.29) is 0 Å². The van der Waals surface area contributed by atoms with Crippen molar-refractivity contribution in [3.05, 3.63) is 83.4 Å². The first-order chi connectivity index (χ1) is 11.3. The number of carbonyl (C=O) groups excluding carboxylic acids is 1. The maximum absolute atomic E-state index is 12.0. The van der Waals surface area contributed by atoms with E-state index in [9.17, 15) is 4.79 Å². The largest absolute Gasteiger partial charge is 0.365 e. The molecule has 0 bridgehead atoms. The Morgan fingerprint density at radius 3 is 2.52 bits per heavy atom. The summed E-state index contributed by atoms with van der Waals surface area (Å²) in [6.45, 7) is 0. The Bertz CT molecular complexity index is 913. The zero-order valence-electron chi connectivity index (χ0n) is 12.5. The van der Waals surface area contributed by atoms with Crippen LogP contribution in [0.3, 0.4) is 0 Å². The zero-order valence-corrected chi connectivity index (χ0v) is 12.5. The molecule has 3 nitrogen and oxygen atoms in total. The van der Waals surface area contributed by atoms with Gasteiger partial charge in [-0.2, -0.15) is 0 Å². The van der Waals surface area contributed by atoms with Crippen LogP contribution in [0.2, 0.25) is 0 Å². The Morgan fingerprint density at radius 1 is 0.870 bits per heavy atom. The molecule has 3 aromatic rings. The molecule has 1 aliphatic rings. The first-order valence-electron chi connectivity index (χ1n) is 7.67. The monoisotopic (exact) mass is 301 g/mol. The number of rotatable bonds is 2. The second-order valence-corrected chi connectivity index (χ2v) is 5.60. The average molecular weight is 301 g/mol. The number of hydrogen-bond acceptors (Lipinski definition) is 3. The van der Waals surface area contributed by atoms with Gasteiger partial charge in [0, 0.05) is 5.56 Å². The SMILES string of the molecule is O=C(O/N=C1\CCc2ccc3ccccc3c21)c1ccccc1. The summed E-state index contributed by atoms with van der Waals surface area (Å²) in [5.74, 6) is -0.424. The maximum Gasteiger partial charge on any atom is 0.365 e. The minimum absolute atomic E-state index is 0.424. The predicted molar refractivity (Wildman–Crippen MR) is 90.7 cm³/mol. The lowest BCUT2D eigenvalue weighted by atomic mass is 10.0. The van der Waals surface area contributed by atoms with Crippen molar-refractivity contribution in [2.45, 2.75) is 12.8 Å². The van der Waals surface area contributed by atoms with Gasteiger partial charge < -0.3 is 4.84 Å². The lowest BCUT2D eigenvalue weighted by Gasteiger charge is -2.06. The molecule has 0 aliphatic heterocycles. The zero-order chi connectivity index (χ0) is 15.6. The molecular weight excluding hydrogens is 286 g/mol. The van der Waals surface area contributed by atoms with Crippen molar-refractivity contribution in [1.29, 1.82) is 0 Å². The number of carbonyl (C=O) groups is 1. The standard InChI is InChI=1S/C20H15NO2/c22-20(16-7-2-1-3-8-16)23-21-18-13-12-15-11-10-14-6-4-5-9-17(14)19(15)18/h1-11H,12-13H2/b21-18+. The van der Waals surface area contributed by atoms with Gasteiger partial charge >= 0.3 is 5.97 Å². The first-order valence-corrected chi connectivity index (χ1v) is 7.67. The van der Waals surface area contributed by atoms with Crippen molar-refractivity contribution in [1.82, 2.24) is 0 Å². The van der Waals surface area contributed by atoms with E-state index in [4.69, 9.17) is 4.84 Å². The number of aryl methyl sites for hydroxylation is 1. The Labute approximate surface area is 134 Å². The fourth-order valence-corrected chi connectivity index (χ4v) is 3.06. The molecule has 3 heteroatoms. The fraction of sp³-hybridized carbons (Fsp3) is 0.100. The Hall–Kier alpha value is -2.94. The molecule has 0 saturated heterocycles. The second kappa shape index (κ2) is 5.69. The molecule has 1 aliphatic carbocycles. The van der Waals surface area contributed by atoms with Gasteiger partial charge in [-0.05, 0) is 41.3 Å². The van der Waals surface area contributed by atoms with Gasteiger partial charge in [-0.25, -0.2) is 4.79 Å². The normalized spacial score (nSPS) is 14.9. The lowest BCUT2D eigenvalue weighted by Crippen LogP contribution is -2.04. The van der Waals surface area contributed by atoms with E-state index in [0.717, 1.165) is 29.5 Å². The van der Waals surface area contributed by atoms with E-state index in [1.165, 1.54) is 10.9 Å². The van der Waals surface area contributed by atoms with Crippen LogP contribution in [-0.4, -0.2) is 11.7 Å². The third kappa shape index (κ3) is 2.50. The van der Waals surface area contributed by atoms with E-state index in [1.807, 2.05) is 30.3 Å². The van der Waals surface area contributed by atoms with Crippen molar-refractivity contribution in [3.63, 3.8) is 0 Å². The van der Waals surface area contributed by atoms with Crippen molar-refractivity contribution >= 4 is 22.5 Å². The number of benzene rings is 3. The van der Waals surface area contributed by atoms with Crippen molar-refractivity contribution < 1.29 is 9.63 Å². The van der Waals surface area contributed by atoms with Gasteiger partial charge in [-0.3, -0.25) is 0 Å². The molecule has 0 aromatic heterocycles. The van der Waals surface area contributed by atoms with E-state index >= 15 is 0 Å². The number of oxime groups is 1. The maximum atomic E-state index is 12.0. The molecule has 3 aromatic carbocycles. The molecule has 0 amide bonds. The van der Waals surface area contributed by atoms with Gasteiger partial charge in [0.1, 0.15) is 0 Å². The van der Waals surface area contributed by atoms with Crippen LogP contribution in [0.1, 0.15) is 27.9 Å². The van der Waals surface area contributed by atoms with Crippen LogP contribution in [0.25, 0.3) is 10.8 Å². The molecule has 112 valence electrons. The molecule has 0 unspecified atom stereocenters. The summed E-state index contributed by atoms with van der Waals surface area (Å²) >= 11 is 0. The minimum atomic E-state index is -0.424. The highest BCUT2D eigenvalue weighted by Crippen LogP contribution is 2.30. The van der Waals surface area contributed by atoms with Gasteiger partial charge in [-0.15, -0.1) is 0 Å². The minimum Gasteiger partial charge on any atom is -0.313 e. The van der Waals surface area contributed by atoms with Gasteiger partial charge in [-0.1, -0.05) is 59.8 Å². The molecule has 0 N–H and O–H groups in total. The van der Waals surface area contributed by atoms with Gasteiger partial charge in [0.2, 0.25) is 0 Å². The molecule has 0 heterocycles. The van der Waals surface area contributed by atoms with E-state index in [2.05, 4.69) is 29.4 Å². The van der Waals surface area contributed by atoms with Crippen molar-refractivity contribution in [2.24, 2.45) is 5.16 Å². The summed E-state index contributed by atoms with van der Waals surface area (Å²) in [5, 5.41) is 6.50. The summed E-state index contributed by atoms with van der Waals surface area (Å²) in [6.07, 6.45) is 1.73. The summed E-state index contributed by atoms with van der Waals surface area (Å²) in [7, 11) is 0. The van der Waals surface area contributed by atoms with Crippen LogP contribution >= 0.6 is 0 Å². The fourth-order valence-electron chi connectivity index (χ4n) is 3.06. The highest BCUT2D eigenvalue weighted by atomic mass is 16.7. The van der Waals surface area contributed by atoms with E-state index in [1.54, 1.807) is 12.1 Å². The summed E-state index contributed by atoms with van der Waals surface area (Å²) in [5.41, 5.74) is 3.73. The molecule has 0 radical (unpaired) electrons. The van der Waals surface area contributed by atoms with Crippen LogP contribution in [0, 0.1) is 0 Å². The van der Waals surface area contributed by atoms with Gasteiger partial charge in [0.25, 0.3) is 0 Å². The topological polar surface area (TPSA) is 38.7 Å². The Kier molecular flexibility index (Phi) is 3.39. The van der Waals surface area contributed by atoms with Crippen LogP contribution in [0.4, 0.5) is 0 Å². The molecule has 23 heavy (non-hydrogen) atoms. The summed E-state index contributed by atoms with van der Waals surface area (Å²) in [4.78, 5) is 17.2. The average Bonchev–Trinajstić information content (AvgIpc) is 3.04. The molecule has 0 fully saturated rings. The summed E-state index contributed by atoms with van der Waals surface area (Å²) in [6, 6.07) is 21.4. The van der Waals surface area contributed by atoms with Gasteiger partial charge in [0.15, 0.2) is 0 Å². The second-order valence-electron chi connectivity index (χ2n) is 5.60.